The molecule has 0 heterocycles. The monoisotopic (exact) mass is 260 g/mol. The Morgan fingerprint density at radius 1 is 1.21 bits per heavy atom. The van der Waals surface area contributed by atoms with Crippen LogP contribution in [-0.2, 0) is 14.9 Å². The molecule has 0 spiro atoms. The number of methoxy groups -OCH3 is 1. The van der Waals surface area contributed by atoms with Gasteiger partial charge in [-0.3, -0.25) is 4.79 Å². The summed E-state index contributed by atoms with van der Waals surface area (Å²) >= 11 is 0. The molecule has 2 rings (SSSR count). The van der Waals surface area contributed by atoms with Crippen LogP contribution in [0.4, 0.5) is 0 Å². The van der Waals surface area contributed by atoms with Crippen LogP contribution in [-0.4, -0.2) is 13.1 Å². The minimum Gasteiger partial charge on any atom is -0.497 e. The fourth-order valence-electron chi connectivity index (χ4n) is 2.86. The van der Waals surface area contributed by atoms with Gasteiger partial charge in [-0.1, -0.05) is 38.0 Å². The van der Waals surface area contributed by atoms with Gasteiger partial charge in [-0.25, -0.2) is 0 Å². The molecule has 102 valence electrons. The summed E-state index contributed by atoms with van der Waals surface area (Å²) in [6, 6.07) is 7.72. The summed E-state index contributed by atoms with van der Waals surface area (Å²) in [4.78, 5) is 12.4. The fraction of sp³-hybridized carbons (Fsp3) is 0.438. The van der Waals surface area contributed by atoms with Crippen molar-refractivity contribution in [2.24, 2.45) is 0 Å². The minimum absolute atomic E-state index is 0.188. The molecule has 0 amide bonds. The molecule has 0 N–H and O–H groups in total. The second-order valence-electron chi connectivity index (χ2n) is 4.94. The van der Waals surface area contributed by atoms with Gasteiger partial charge in [0.15, 0.2) is 0 Å². The van der Waals surface area contributed by atoms with Crippen molar-refractivity contribution in [3.8, 4) is 5.75 Å². The lowest BCUT2D eigenvalue weighted by Crippen LogP contribution is -2.38. The van der Waals surface area contributed by atoms with E-state index in [0.717, 1.165) is 37.0 Å². The quantitative estimate of drug-likeness (QED) is 0.613. The Balaban J connectivity index is 2.35. The van der Waals surface area contributed by atoms with Crippen molar-refractivity contribution in [3.63, 3.8) is 0 Å². The first-order valence-electron chi connectivity index (χ1n) is 6.69. The molecule has 0 aliphatic heterocycles. The summed E-state index contributed by atoms with van der Waals surface area (Å²) in [5, 5.41) is 0. The third-order valence-electron chi connectivity index (χ3n) is 3.93. The van der Waals surface area contributed by atoms with Crippen molar-refractivity contribution >= 4 is 5.97 Å². The summed E-state index contributed by atoms with van der Waals surface area (Å²) in [6.07, 6.45) is 6.19. The molecule has 0 saturated heterocycles. The van der Waals surface area contributed by atoms with Crippen molar-refractivity contribution in [2.75, 3.05) is 7.11 Å². The first-order valence-corrected chi connectivity index (χ1v) is 6.69. The van der Waals surface area contributed by atoms with Gasteiger partial charge >= 0.3 is 5.97 Å². The molecule has 3 heteroatoms. The molecule has 19 heavy (non-hydrogen) atoms. The van der Waals surface area contributed by atoms with E-state index in [9.17, 15) is 4.79 Å². The van der Waals surface area contributed by atoms with Crippen molar-refractivity contribution < 1.29 is 14.3 Å². The average Bonchev–Trinajstić information content (AvgIpc) is 2.48. The zero-order chi connectivity index (χ0) is 13.7. The van der Waals surface area contributed by atoms with Crippen LogP contribution < -0.4 is 4.74 Å². The Hall–Kier alpha value is -1.77. The van der Waals surface area contributed by atoms with Crippen LogP contribution in [0.5, 0.6) is 5.75 Å². The highest BCUT2D eigenvalue weighted by Gasteiger charge is 2.42. The second-order valence-corrected chi connectivity index (χ2v) is 4.94. The first kappa shape index (κ1) is 13.7. The molecule has 0 radical (unpaired) electrons. The number of carbonyl (C=O) groups is 1. The van der Waals surface area contributed by atoms with Crippen LogP contribution in [0.3, 0.4) is 0 Å². The maximum Gasteiger partial charge on any atom is 0.321 e. The highest BCUT2D eigenvalue weighted by molar-refractivity contribution is 5.83. The van der Waals surface area contributed by atoms with E-state index >= 15 is 0 Å². The third-order valence-corrected chi connectivity index (χ3v) is 3.93. The van der Waals surface area contributed by atoms with Crippen molar-refractivity contribution in [2.45, 2.75) is 37.5 Å². The molecule has 1 aliphatic rings. The predicted molar refractivity (Wildman–Crippen MR) is 74.0 cm³/mol. The molecule has 3 nitrogen and oxygen atoms in total. The molecule has 1 aromatic carbocycles. The zero-order valence-corrected chi connectivity index (χ0v) is 11.4. The predicted octanol–water partition coefficient (Wildman–Crippen LogP) is 3.58. The molecule has 0 unspecified atom stereocenters. The molecule has 0 atom stereocenters. The van der Waals surface area contributed by atoms with E-state index in [2.05, 4.69) is 6.58 Å². The molecular formula is C16H20O3. The standard InChI is InChI=1S/C16H20O3/c1-3-19-15(17)16(11-5-4-6-12-16)13-7-9-14(18-2)10-8-13/h3,7-10H,1,4-6,11-12H2,2H3. The molecule has 0 bridgehead atoms. The lowest BCUT2D eigenvalue weighted by Gasteiger charge is -2.34. The van der Waals surface area contributed by atoms with E-state index < -0.39 is 5.41 Å². The summed E-state index contributed by atoms with van der Waals surface area (Å²) < 4.78 is 10.3. The fourth-order valence-corrected chi connectivity index (χ4v) is 2.86. The van der Waals surface area contributed by atoms with Crippen LogP contribution in [0.2, 0.25) is 0 Å². The Morgan fingerprint density at radius 3 is 2.37 bits per heavy atom. The van der Waals surface area contributed by atoms with E-state index in [1.807, 2.05) is 24.3 Å². The van der Waals surface area contributed by atoms with Gasteiger partial charge in [0.05, 0.1) is 18.8 Å². The third kappa shape index (κ3) is 2.65. The second kappa shape index (κ2) is 5.91. The Labute approximate surface area is 114 Å². The Bertz CT molecular complexity index is 442. The van der Waals surface area contributed by atoms with E-state index in [0.29, 0.717) is 0 Å². The van der Waals surface area contributed by atoms with Crippen molar-refractivity contribution in [3.05, 3.63) is 42.7 Å². The summed E-state index contributed by atoms with van der Waals surface area (Å²) in [5.41, 5.74) is 0.499. The molecule has 1 fully saturated rings. The molecule has 0 aromatic heterocycles. The number of ether oxygens (including phenoxy) is 2. The number of hydrogen-bond acceptors (Lipinski definition) is 3. The smallest absolute Gasteiger partial charge is 0.321 e. The van der Waals surface area contributed by atoms with Gasteiger partial charge in [0.1, 0.15) is 5.75 Å². The van der Waals surface area contributed by atoms with Crippen LogP contribution in [0.25, 0.3) is 0 Å². The minimum atomic E-state index is -0.515. The van der Waals surface area contributed by atoms with Gasteiger partial charge in [0, 0.05) is 0 Å². The number of hydrogen-bond donors (Lipinski definition) is 0. The van der Waals surface area contributed by atoms with Crippen molar-refractivity contribution in [1.82, 2.24) is 0 Å². The van der Waals surface area contributed by atoms with Gasteiger partial charge in [-0.15, -0.1) is 0 Å². The normalized spacial score (nSPS) is 17.5. The maximum absolute atomic E-state index is 12.4. The summed E-state index contributed by atoms with van der Waals surface area (Å²) in [7, 11) is 1.64. The van der Waals surface area contributed by atoms with Gasteiger partial charge in [-0.2, -0.15) is 0 Å². The van der Waals surface area contributed by atoms with E-state index in [1.165, 1.54) is 12.7 Å². The average molecular weight is 260 g/mol. The van der Waals surface area contributed by atoms with Crippen LogP contribution in [0, 0.1) is 0 Å². The Morgan fingerprint density at radius 2 is 1.84 bits per heavy atom. The van der Waals surface area contributed by atoms with E-state index in [4.69, 9.17) is 9.47 Å². The molecule has 1 saturated carbocycles. The van der Waals surface area contributed by atoms with Crippen molar-refractivity contribution in [1.29, 1.82) is 0 Å². The molecular weight excluding hydrogens is 240 g/mol. The van der Waals surface area contributed by atoms with Gasteiger partial charge in [-0.05, 0) is 30.5 Å². The zero-order valence-electron chi connectivity index (χ0n) is 11.4. The lowest BCUT2D eigenvalue weighted by molar-refractivity contribution is -0.146. The lowest BCUT2D eigenvalue weighted by atomic mass is 9.69. The van der Waals surface area contributed by atoms with Crippen LogP contribution >= 0.6 is 0 Å². The number of esters is 1. The largest absolute Gasteiger partial charge is 0.497 e. The number of rotatable bonds is 4. The van der Waals surface area contributed by atoms with Crippen LogP contribution in [0.1, 0.15) is 37.7 Å². The number of carbonyl (C=O) groups excluding carboxylic acids is 1. The van der Waals surface area contributed by atoms with Gasteiger partial charge < -0.3 is 9.47 Å². The van der Waals surface area contributed by atoms with Crippen LogP contribution in [0.15, 0.2) is 37.1 Å². The molecule has 1 aromatic rings. The van der Waals surface area contributed by atoms with E-state index in [1.54, 1.807) is 7.11 Å². The first-order chi connectivity index (χ1) is 9.23. The summed E-state index contributed by atoms with van der Waals surface area (Å²) in [5.74, 6) is 0.610. The SMILES string of the molecule is C=COC(=O)C1(c2ccc(OC)cc2)CCCCC1. The van der Waals surface area contributed by atoms with Gasteiger partial charge in [0.2, 0.25) is 0 Å². The van der Waals surface area contributed by atoms with E-state index in [-0.39, 0.29) is 5.97 Å². The topological polar surface area (TPSA) is 35.5 Å². The molecule has 1 aliphatic carbocycles. The highest BCUT2D eigenvalue weighted by atomic mass is 16.5. The van der Waals surface area contributed by atoms with Gasteiger partial charge in [0.25, 0.3) is 0 Å². The maximum atomic E-state index is 12.4. The summed E-state index contributed by atoms with van der Waals surface area (Å²) in [6.45, 7) is 3.48. The Kier molecular flexibility index (Phi) is 4.25. The highest BCUT2D eigenvalue weighted by Crippen LogP contribution is 2.41. The number of benzene rings is 1.